The van der Waals surface area contributed by atoms with E-state index in [4.69, 9.17) is 4.74 Å². The zero-order valence-corrected chi connectivity index (χ0v) is 11.8. The van der Waals surface area contributed by atoms with Crippen LogP contribution in [-0.2, 0) is 11.3 Å². The molecule has 0 bridgehead atoms. The van der Waals surface area contributed by atoms with Crippen LogP contribution in [0.25, 0.3) is 0 Å². The quantitative estimate of drug-likeness (QED) is 0.791. The second-order valence-corrected chi connectivity index (χ2v) is 4.96. The molecule has 0 atom stereocenters. The molecule has 0 aromatic carbocycles. The lowest BCUT2D eigenvalue weighted by molar-refractivity contribution is 0.199. The average Bonchev–Trinajstić information content (AvgIpc) is 2.73. The molecule has 2 heterocycles. The van der Waals surface area contributed by atoms with E-state index in [9.17, 15) is 0 Å². The lowest BCUT2D eigenvalue weighted by atomic mass is 10.2. The summed E-state index contributed by atoms with van der Waals surface area (Å²) in [5.74, 6) is 0.877. The van der Waals surface area contributed by atoms with Crippen LogP contribution in [0.15, 0.2) is 12.4 Å². The number of nitrogens with one attached hydrogen (secondary N) is 1. The largest absolute Gasteiger partial charge is 0.383 e. The minimum atomic E-state index is 0.729. The van der Waals surface area contributed by atoms with Gasteiger partial charge in [0.1, 0.15) is 0 Å². The summed E-state index contributed by atoms with van der Waals surface area (Å²) in [5, 5.41) is 3.29. The molecule has 1 fully saturated rings. The molecule has 5 nitrogen and oxygen atoms in total. The summed E-state index contributed by atoms with van der Waals surface area (Å²) >= 11 is 0. The van der Waals surface area contributed by atoms with Gasteiger partial charge in [-0.2, -0.15) is 0 Å². The predicted octanol–water partition coefficient (Wildman–Crippen LogP) is 1.59. The minimum Gasteiger partial charge on any atom is -0.383 e. The summed E-state index contributed by atoms with van der Waals surface area (Å²) < 4.78 is 4.99. The van der Waals surface area contributed by atoms with Crippen LogP contribution in [0, 0.1) is 0 Å². The zero-order valence-electron chi connectivity index (χ0n) is 11.8. The number of anilines is 1. The molecule has 1 aliphatic rings. The number of aromatic nitrogens is 2. The summed E-state index contributed by atoms with van der Waals surface area (Å²) in [4.78, 5) is 11.3. The van der Waals surface area contributed by atoms with Gasteiger partial charge in [0.25, 0.3) is 0 Å². The molecule has 0 saturated carbocycles. The van der Waals surface area contributed by atoms with E-state index in [0.29, 0.717) is 0 Å². The number of rotatable bonds is 6. The van der Waals surface area contributed by atoms with Crippen LogP contribution < -0.4 is 10.2 Å². The van der Waals surface area contributed by atoms with Gasteiger partial charge in [-0.1, -0.05) is 12.8 Å². The van der Waals surface area contributed by atoms with E-state index in [0.717, 1.165) is 44.3 Å². The van der Waals surface area contributed by atoms with Gasteiger partial charge in [-0.3, -0.25) is 0 Å². The third-order valence-corrected chi connectivity index (χ3v) is 3.39. The van der Waals surface area contributed by atoms with Crippen molar-refractivity contribution in [2.24, 2.45) is 0 Å². The predicted molar refractivity (Wildman–Crippen MR) is 76.3 cm³/mol. The third-order valence-electron chi connectivity index (χ3n) is 3.39. The first-order chi connectivity index (χ1) is 9.40. The van der Waals surface area contributed by atoms with Gasteiger partial charge in [0.05, 0.1) is 6.61 Å². The molecule has 1 saturated heterocycles. The summed E-state index contributed by atoms with van der Waals surface area (Å²) in [7, 11) is 1.71. The molecule has 106 valence electrons. The second kappa shape index (κ2) is 8.07. The molecule has 19 heavy (non-hydrogen) atoms. The molecule has 0 unspecified atom stereocenters. The van der Waals surface area contributed by atoms with E-state index in [1.165, 1.54) is 25.7 Å². The molecule has 1 aliphatic heterocycles. The highest BCUT2D eigenvalue weighted by Crippen LogP contribution is 2.14. The van der Waals surface area contributed by atoms with Gasteiger partial charge in [0.15, 0.2) is 0 Å². The lowest BCUT2D eigenvalue weighted by Crippen LogP contribution is -2.26. The van der Waals surface area contributed by atoms with Gasteiger partial charge < -0.3 is 15.0 Å². The summed E-state index contributed by atoms with van der Waals surface area (Å²) in [6.45, 7) is 4.55. The van der Waals surface area contributed by atoms with Gasteiger partial charge in [-0.15, -0.1) is 0 Å². The van der Waals surface area contributed by atoms with Gasteiger partial charge in [-0.05, 0) is 12.8 Å². The summed E-state index contributed by atoms with van der Waals surface area (Å²) in [6.07, 6.45) is 9.02. The zero-order chi connectivity index (χ0) is 13.3. The topological polar surface area (TPSA) is 50.3 Å². The molecular formula is C14H24N4O. The molecule has 0 amide bonds. The van der Waals surface area contributed by atoms with E-state index in [1.807, 2.05) is 12.4 Å². The van der Waals surface area contributed by atoms with Crippen LogP contribution in [-0.4, -0.2) is 43.3 Å². The van der Waals surface area contributed by atoms with E-state index in [2.05, 4.69) is 20.2 Å². The number of hydrogen-bond acceptors (Lipinski definition) is 5. The van der Waals surface area contributed by atoms with Gasteiger partial charge >= 0.3 is 0 Å². The maximum Gasteiger partial charge on any atom is 0.225 e. The number of nitrogens with zero attached hydrogens (tertiary/aromatic N) is 3. The van der Waals surface area contributed by atoms with E-state index >= 15 is 0 Å². The SMILES string of the molecule is COCCNCc1cnc(N2CCCCCC2)nc1. The maximum atomic E-state index is 4.99. The van der Waals surface area contributed by atoms with Gasteiger partial charge in [-0.25, -0.2) is 9.97 Å². The maximum absolute atomic E-state index is 4.99. The van der Waals surface area contributed by atoms with E-state index < -0.39 is 0 Å². The standard InChI is InChI=1S/C14H24N4O/c1-19-9-6-15-10-13-11-16-14(17-12-13)18-7-4-2-3-5-8-18/h11-12,15H,2-10H2,1H3. The van der Waals surface area contributed by atoms with Crippen molar-refractivity contribution in [1.82, 2.24) is 15.3 Å². The fourth-order valence-electron chi connectivity index (χ4n) is 2.28. The highest BCUT2D eigenvalue weighted by atomic mass is 16.5. The Morgan fingerprint density at radius 2 is 1.84 bits per heavy atom. The lowest BCUT2D eigenvalue weighted by Gasteiger charge is -2.19. The van der Waals surface area contributed by atoms with Crippen LogP contribution in [0.4, 0.5) is 5.95 Å². The first kappa shape index (κ1) is 14.2. The molecule has 1 N–H and O–H groups in total. The van der Waals surface area contributed by atoms with Crippen molar-refractivity contribution in [2.75, 3.05) is 38.3 Å². The van der Waals surface area contributed by atoms with Gasteiger partial charge in [0, 0.05) is 51.2 Å². The first-order valence-electron chi connectivity index (χ1n) is 7.15. The molecule has 1 aromatic heterocycles. The highest BCUT2D eigenvalue weighted by molar-refractivity contribution is 5.29. The van der Waals surface area contributed by atoms with Crippen molar-refractivity contribution in [2.45, 2.75) is 32.2 Å². The molecule has 1 aromatic rings. The molecular weight excluding hydrogens is 240 g/mol. The monoisotopic (exact) mass is 264 g/mol. The Kier molecular flexibility index (Phi) is 6.04. The molecule has 2 rings (SSSR count). The third kappa shape index (κ3) is 4.76. The molecule has 0 aliphatic carbocycles. The van der Waals surface area contributed by atoms with Crippen molar-refractivity contribution >= 4 is 5.95 Å². The van der Waals surface area contributed by atoms with Crippen LogP contribution in [0.2, 0.25) is 0 Å². The molecule has 0 spiro atoms. The Morgan fingerprint density at radius 1 is 1.16 bits per heavy atom. The normalized spacial score (nSPS) is 16.4. The van der Waals surface area contributed by atoms with Crippen molar-refractivity contribution in [3.05, 3.63) is 18.0 Å². The Labute approximate surface area is 115 Å². The Hall–Kier alpha value is -1.20. The van der Waals surface area contributed by atoms with E-state index in [1.54, 1.807) is 7.11 Å². The van der Waals surface area contributed by atoms with Crippen LogP contribution >= 0.6 is 0 Å². The molecule has 0 radical (unpaired) electrons. The van der Waals surface area contributed by atoms with Crippen molar-refractivity contribution < 1.29 is 4.74 Å². The van der Waals surface area contributed by atoms with Crippen LogP contribution in [0.3, 0.4) is 0 Å². The fraction of sp³-hybridized carbons (Fsp3) is 0.714. The fourth-order valence-corrected chi connectivity index (χ4v) is 2.28. The second-order valence-electron chi connectivity index (χ2n) is 4.96. The van der Waals surface area contributed by atoms with Crippen molar-refractivity contribution in [1.29, 1.82) is 0 Å². The minimum absolute atomic E-state index is 0.729. The highest BCUT2D eigenvalue weighted by Gasteiger charge is 2.11. The summed E-state index contributed by atoms with van der Waals surface area (Å²) in [5.41, 5.74) is 1.12. The summed E-state index contributed by atoms with van der Waals surface area (Å²) in [6, 6.07) is 0. The Balaban J connectivity index is 1.83. The van der Waals surface area contributed by atoms with Crippen LogP contribution in [0.1, 0.15) is 31.2 Å². The number of hydrogen-bond donors (Lipinski definition) is 1. The van der Waals surface area contributed by atoms with Crippen LogP contribution in [0.5, 0.6) is 0 Å². The number of methoxy groups -OCH3 is 1. The average molecular weight is 264 g/mol. The first-order valence-corrected chi connectivity index (χ1v) is 7.15. The van der Waals surface area contributed by atoms with E-state index in [-0.39, 0.29) is 0 Å². The Morgan fingerprint density at radius 3 is 2.47 bits per heavy atom. The number of ether oxygens (including phenoxy) is 1. The van der Waals surface area contributed by atoms with Crippen molar-refractivity contribution in [3.8, 4) is 0 Å². The van der Waals surface area contributed by atoms with Gasteiger partial charge in [0.2, 0.25) is 5.95 Å². The smallest absolute Gasteiger partial charge is 0.225 e. The molecule has 5 heteroatoms. The van der Waals surface area contributed by atoms with Crippen molar-refractivity contribution in [3.63, 3.8) is 0 Å². The Bertz CT molecular complexity index is 347.